The molecule has 0 aliphatic heterocycles. The number of hydrogen-bond acceptors (Lipinski definition) is 7. The van der Waals surface area contributed by atoms with Crippen molar-refractivity contribution in [3.05, 3.63) is 96.1 Å². The van der Waals surface area contributed by atoms with E-state index in [9.17, 15) is 4.79 Å². The van der Waals surface area contributed by atoms with Gasteiger partial charge in [0.2, 0.25) is 0 Å². The van der Waals surface area contributed by atoms with E-state index in [2.05, 4.69) is 111 Å². The van der Waals surface area contributed by atoms with E-state index in [4.69, 9.17) is 0 Å². The second-order valence-corrected chi connectivity index (χ2v) is 12.3. The van der Waals surface area contributed by atoms with E-state index in [-0.39, 0.29) is 11.7 Å². The molecule has 39 heavy (non-hydrogen) atoms. The fraction of sp³-hybridized carbons (Fsp3) is 0.133. The lowest BCUT2D eigenvalue weighted by Crippen LogP contribution is -2.19. The summed E-state index contributed by atoms with van der Waals surface area (Å²) in [5, 5.41) is 17.6. The molecule has 0 aliphatic carbocycles. The Morgan fingerprint density at radius 1 is 0.897 bits per heavy atom. The van der Waals surface area contributed by atoms with Gasteiger partial charge in [0.25, 0.3) is 5.91 Å². The molecular weight excluding hydrogens is 543 g/mol. The number of hydrogen-bond donors (Lipinski definition) is 1. The number of para-hydroxylation sites is 1. The highest BCUT2D eigenvalue weighted by Crippen LogP contribution is 2.32. The Bertz CT molecular complexity index is 1820. The van der Waals surface area contributed by atoms with Crippen LogP contribution in [0.4, 0.5) is 0 Å². The van der Waals surface area contributed by atoms with Gasteiger partial charge in [-0.05, 0) is 47.0 Å². The predicted molar refractivity (Wildman–Crippen MR) is 165 cm³/mol. The Morgan fingerprint density at radius 3 is 2.51 bits per heavy atom. The minimum Gasteiger partial charge on any atom is -0.341 e. The third kappa shape index (κ3) is 5.56. The van der Waals surface area contributed by atoms with Crippen LogP contribution >= 0.6 is 34.9 Å². The summed E-state index contributed by atoms with van der Waals surface area (Å²) in [4.78, 5) is 12.4. The summed E-state index contributed by atoms with van der Waals surface area (Å²) in [6, 6.07) is 29.4. The number of thioether (sulfide) groups is 2. The molecule has 6 nitrogen and oxygen atoms in total. The quantitative estimate of drug-likeness (QED) is 0.112. The van der Waals surface area contributed by atoms with Crippen LogP contribution in [0.2, 0.25) is 0 Å². The monoisotopic (exact) mass is 567 g/mol. The number of aryl methyl sites for hydroxylation is 1. The van der Waals surface area contributed by atoms with Gasteiger partial charge in [0.1, 0.15) is 0 Å². The maximum atomic E-state index is 12.4. The molecule has 6 rings (SSSR count). The number of rotatable bonds is 9. The first-order valence-corrected chi connectivity index (χ1v) is 15.4. The number of hydrazone groups is 1. The van der Waals surface area contributed by atoms with Crippen molar-refractivity contribution in [3.8, 4) is 0 Å². The molecule has 2 heterocycles. The minimum atomic E-state index is -0.180. The molecule has 0 unspecified atom stereocenters. The molecule has 9 heteroatoms. The molecule has 0 spiro atoms. The third-order valence-electron chi connectivity index (χ3n) is 6.46. The Hall–Kier alpha value is -3.66. The van der Waals surface area contributed by atoms with Crippen molar-refractivity contribution < 1.29 is 4.79 Å². The standard InChI is InChI=1S/C30H25N5OS3/c1-2-35-26-13-6-5-12-24(26)25-16-20(14-15-27(25)35)17-31-32-28(36)19-38-30-34-33-29(39-30)37-18-22-10-7-9-21-8-3-4-11-23(21)22/h3-17H,2,18-19H2,1H3,(H,32,36)/b31-17-. The van der Waals surface area contributed by atoms with Crippen molar-refractivity contribution >= 4 is 79.6 Å². The second kappa shape index (κ2) is 11.6. The number of amides is 1. The van der Waals surface area contributed by atoms with E-state index in [0.29, 0.717) is 0 Å². The fourth-order valence-electron chi connectivity index (χ4n) is 4.70. The molecular formula is C30H25N5OS3. The van der Waals surface area contributed by atoms with Gasteiger partial charge in [-0.1, -0.05) is 102 Å². The lowest BCUT2D eigenvalue weighted by Gasteiger charge is -2.04. The van der Waals surface area contributed by atoms with Gasteiger partial charge < -0.3 is 4.57 Å². The SMILES string of the molecule is CCn1c2ccccc2c2cc(/C=N\NC(=O)CSc3nnc(SCc4cccc5ccccc45)s3)ccc21. The highest BCUT2D eigenvalue weighted by Gasteiger charge is 2.11. The Morgan fingerprint density at radius 2 is 1.64 bits per heavy atom. The molecule has 6 aromatic rings. The van der Waals surface area contributed by atoms with E-state index in [0.717, 1.165) is 26.5 Å². The highest BCUT2D eigenvalue weighted by molar-refractivity contribution is 8.03. The minimum absolute atomic E-state index is 0.180. The highest BCUT2D eigenvalue weighted by atomic mass is 32.2. The third-order valence-corrected chi connectivity index (χ3v) is 9.70. The van der Waals surface area contributed by atoms with Crippen LogP contribution < -0.4 is 5.43 Å². The predicted octanol–water partition coefficient (Wildman–Crippen LogP) is 7.35. The molecule has 0 radical (unpaired) electrons. The summed E-state index contributed by atoms with van der Waals surface area (Å²) in [6.45, 7) is 3.06. The van der Waals surface area contributed by atoms with Crippen molar-refractivity contribution in [1.29, 1.82) is 0 Å². The van der Waals surface area contributed by atoms with Gasteiger partial charge in [-0.15, -0.1) is 10.2 Å². The molecule has 0 saturated heterocycles. The number of nitrogens with zero attached hydrogens (tertiary/aromatic N) is 4. The zero-order valence-corrected chi connectivity index (χ0v) is 23.7. The first kappa shape index (κ1) is 25.6. The van der Waals surface area contributed by atoms with Crippen molar-refractivity contribution in [1.82, 2.24) is 20.2 Å². The van der Waals surface area contributed by atoms with Gasteiger partial charge in [-0.2, -0.15) is 5.10 Å². The lowest BCUT2D eigenvalue weighted by molar-refractivity contribution is -0.118. The molecule has 0 bridgehead atoms. The molecule has 1 amide bonds. The van der Waals surface area contributed by atoms with Gasteiger partial charge in [0.05, 0.1) is 12.0 Å². The van der Waals surface area contributed by atoms with Crippen molar-refractivity contribution in [2.75, 3.05) is 5.75 Å². The van der Waals surface area contributed by atoms with E-state index < -0.39 is 0 Å². The largest absolute Gasteiger partial charge is 0.341 e. The molecule has 1 N–H and O–H groups in total. The summed E-state index contributed by atoms with van der Waals surface area (Å²) < 4.78 is 3.97. The first-order valence-electron chi connectivity index (χ1n) is 12.6. The maximum Gasteiger partial charge on any atom is 0.250 e. The van der Waals surface area contributed by atoms with Crippen LogP contribution in [0, 0.1) is 0 Å². The van der Waals surface area contributed by atoms with Gasteiger partial charge >= 0.3 is 0 Å². The molecule has 2 aromatic heterocycles. The number of carbonyl (C=O) groups excluding carboxylic acids is 1. The molecule has 0 saturated carbocycles. The second-order valence-electron chi connectivity index (χ2n) is 8.88. The summed E-state index contributed by atoms with van der Waals surface area (Å²) in [7, 11) is 0. The summed E-state index contributed by atoms with van der Waals surface area (Å²) in [5.74, 6) is 0.865. The molecule has 0 fully saturated rings. The van der Waals surface area contributed by atoms with Crippen LogP contribution in [0.3, 0.4) is 0 Å². The number of benzene rings is 4. The number of aromatic nitrogens is 3. The van der Waals surface area contributed by atoms with E-state index in [1.165, 1.54) is 61.2 Å². The molecule has 0 aliphatic rings. The molecule has 4 aromatic carbocycles. The first-order chi connectivity index (χ1) is 19.2. The van der Waals surface area contributed by atoms with E-state index >= 15 is 0 Å². The van der Waals surface area contributed by atoms with Crippen LogP contribution in [0.1, 0.15) is 18.1 Å². The summed E-state index contributed by atoms with van der Waals surface area (Å²) in [5.41, 5.74) is 7.26. The average Bonchev–Trinajstić information content (AvgIpc) is 3.56. The van der Waals surface area contributed by atoms with Gasteiger partial charge in [0.15, 0.2) is 8.68 Å². The van der Waals surface area contributed by atoms with E-state index in [1.807, 2.05) is 6.07 Å². The van der Waals surface area contributed by atoms with Crippen LogP contribution in [-0.4, -0.2) is 32.6 Å². The zero-order valence-electron chi connectivity index (χ0n) is 21.2. The van der Waals surface area contributed by atoms with Crippen molar-refractivity contribution in [2.45, 2.75) is 27.9 Å². The van der Waals surface area contributed by atoms with E-state index in [1.54, 1.807) is 18.0 Å². The van der Waals surface area contributed by atoms with Gasteiger partial charge in [-0.3, -0.25) is 4.79 Å². The van der Waals surface area contributed by atoms with Crippen LogP contribution in [0.15, 0.2) is 98.7 Å². The fourth-order valence-corrected chi connectivity index (χ4v) is 7.52. The number of nitrogens with one attached hydrogen (secondary N) is 1. The molecule has 0 atom stereocenters. The number of fused-ring (bicyclic) bond motifs is 4. The summed E-state index contributed by atoms with van der Waals surface area (Å²) >= 11 is 4.55. The average molecular weight is 568 g/mol. The Balaban J connectivity index is 1.03. The Kier molecular flexibility index (Phi) is 7.62. The summed E-state index contributed by atoms with van der Waals surface area (Å²) in [6.07, 6.45) is 1.69. The lowest BCUT2D eigenvalue weighted by atomic mass is 10.1. The smallest absolute Gasteiger partial charge is 0.250 e. The van der Waals surface area contributed by atoms with Gasteiger partial charge in [0, 0.05) is 34.1 Å². The normalized spacial score (nSPS) is 11.7. The Labute approximate surface area is 238 Å². The number of carbonyl (C=O) groups is 1. The van der Waals surface area contributed by atoms with Crippen LogP contribution in [0.25, 0.3) is 32.6 Å². The topological polar surface area (TPSA) is 72.2 Å². The van der Waals surface area contributed by atoms with Gasteiger partial charge in [-0.25, -0.2) is 5.43 Å². The van der Waals surface area contributed by atoms with Crippen molar-refractivity contribution in [2.24, 2.45) is 5.10 Å². The van der Waals surface area contributed by atoms with Crippen LogP contribution in [0.5, 0.6) is 0 Å². The molecule has 194 valence electrons. The van der Waals surface area contributed by atoms with Crippen LogP contribution in [-0.2, 0) is 17.1 Å². The maximum absolute atomic E-state index is 12.4. The van der Waals surface area contributed by atoms with Crippen molar-refractivity contribution in [3.63, 3.8) is 0 Å². The zero-order chi connectivity index (χ0) is 26.6.